The summed E-state index contributed by atoms with van der Waals surface area (Å²) in [5.74, 6) is -0.191. The maximum absolute atomic E-state index is 12.4. The molecule has 1 aliphatic rings. The molecule has 0 spiro atoms. The van der Waals surface area contributed by atoms with Crippen molar-refractivity contribution in [2.75, 3.05) is 12.4 Å². The zero-order valence-corrected chi connectivity index (χ0v) is 13.8. The van der Waals surface area contributed by atoms with E-state index in [1.807, 2.05) is 11.6 Å². The number of carbonyl (C=O) groups excluding carboxylic acids is 1. The minimum absolute atomic E-state index is 0.191. The summed E-state index contributed by atoms with van der Waals surface area (Å²) in [7, 11) is 1.57. The molecule has 0 radical (unpaired) electrons. The Balaban J connectivity index is 1.70. The van der Waals surface area contributed by atoms with Crippen molar-refractivity contribution in [3.63, 3.8) is 0 Å². The smallest absolute Gasteiger partial charge is 0.259 e. The lowest BCUT2D eigenvalue weighted by Gasteiger charge is -2.24. The fraction of sp³-hybridized carbons (Fsp3) is 0.438. The number of carbonyl (C=O) groups is 1. The first-order valence-electron chi connectivity index (χ1n) is 7.90. The van der Waals surface area contributed by atoms with Crippen molar-refractivity contribution < 1.29 is 9.63 Å². The van der Waals surface area contributed by atoms with Crippen LogP contribution in [0.1, 0.15) is 47.8 Å². The molecule has 0 unspecified atom stereocenters. The summed E-state index contributed by atoms with van der Waals surface area (Å²) in [5, 5.41) is 18.7. The third-order valence-corrected chi connectivity index (χ3v) is 4.23. The van der Waals surface area contributed by atoms with E-state index >= 15 is 0 Å². The molecule has 1 aliphatic carbocycles. The highest BCUT2D eigenvalue weighted by Gasteiger charge is 2.24. The standard InChI is InChI=1S/C16H20N6O2/c1-11-15(16(23)20-13-7-8-17-18-9-13)10-19-22(11)14-5-3-12(4-6-14)21-24-2/h7-10,14H,3-6H2,1-2H3,(H,17,20,23). The molecule has 2 heterocycles. The van der Waals surface area contributed by atoms with E-state index < -0.39 is 0 Å². The van der Waals surface area contributed by atoms with Crippen LogP contribution in [0.25, 0.3) is 0 Å². The van der Waals surface area contributed by atoms with Crippen LogP contribution >= 0.6 is 0 Å². The van der Waals surface area contributed by atoms with Gasteiger partial charge in [-0.3, -0.25) is 9.48 Å². The molecule has 2 aromatic heterocycles. The highest BCUT2D eigenvalue weighted by Crippen LogP contribution is 2.28. The van der Waals surface area contributed by atoms with Crippen LogP contribution in [-0.4, -0.2) is 38.7 Å². The van der Waals surface area contributed by atoms with Crippen LogP contribution in [0.5, 0.6) is 0 Å². The fourth-order valence-corrected chi connectivity index (χ4v) is 2.98. The molecule has 0 aliphatic heterocycles. The summed E-state index contributed by atoms with van der Waals surface area (Å²) < 4.78 is 1.95. The normalized spacial score (nSPS) is 17.4. The molecular formula is C16H20N6O2. The SMILES string of the molecule is CON=C1CCC(n2ncc(C(=O)Nc3ccnnc3)c2C)CC1. The van der Waals surface area contributed by atoms with Gasteiger partial charge in [0.25, 0.3) is 5.91 Å². The molecule has 1 N–H and O–H groups in total. The molecule has 2 aromatic rings. The first kappa shape index (κ1) is 16.1. The van der Waals surface area contributed by atoms with Crippen LogP contribution < -0.4 is 5.32 Å². The lowest BCUT2D eigenvalue weighted by Crippen LogP contribution is -2.21. The fourth-order valence-electron chi connectivity index (χ4n) is 2.98. The summed E-state index contributed by atoms with van der Waals surface area (Å²) in [6, 6.07) is 1.98. The van der Waals surface area contributed by atoms with E-state index in [0.29, 0.717) is 11.3 Å². The van der Waals surface area contributed by atoms with Gasteiger partial charge in [0.05, 0.1) is 41.6 Å². The Bertz CT molecular complexity index is 730. The Morgan fingerprint density at radius 2 is 2.12 bits per heavy atom. The van der Waals surface area contributed by atoms with Crippen LogP contribution in [0.15, 0.2) is 29.8 Å². The number of amides is 1. The Kier molecular flexibility index (Phi) is 4.83. The van der Waals surface area contributed by atoms with Crippen molar-refractivity contribution in [3.05, 3.63) is 35.9 Å². The average molecular weight is 328 g/mol. The molecule has 1 fully saturated rings. The number of nitrogens with one attached hydrogen (secondary N) is 1. The van der Waals surface area contributed by atoms with Crippen molar-refractivity contribution in [1.29, 1.82) is 0 Å². The summed E-state index contributed by atoms with van der Waals surface area (Å²) in [4.78, 5) is 17.3. The lowest BCUT2D eigenvalue weighted by molar-refractivity contribution is 0.102. The number of oxime groups is 1. The monoisotopic (exact) mass is 328 g/mol. The highest BCUT2D eigenvalue weighted by atomic mass is 16.6. The molecule has 0 atom stereocenters. The van der Waals surface area contributed by atoms with Crippen LogP contribution in [0, 0.1) is 6.92 Å². The molecule has 24 heavy (non-hydrogen) atoms. The molecule has 0 saturated heterocycles. The van der Waals surface area contributed by atoms with Crippen molar-refractivity contribution in [3.8, 4) is 0 Å². The lowest BCUT2D eigenvalue weighted by atomic mass is 9.93. The van der Waals surface area contributed by atoms with Crippen LogP contribution in [0.2, 0.25) is 0 Å². The molecular weight excluding hydrogens is 308 g/mol. The zero-order valence-electron chi connectivity index (χ0n) is 13.8. The minimum Gasteiger partial charge on any atom is -0.399 e. The van der Waals surface area contributed by atoms with E-state index in [1.54, 1.807) is 19.4 Å². The largest absolute Gasteiger partial charge is 0.399 e. The van der Waals surface area contributed by atoms with E-state index in [-0.39, 0.29) is 11.9 Å². The zero-order chi connectivity index (χ0) is 16.9. The molecule has 1 saturated carbocycles. The first-order chi connectivity index (χ1) is 11.7. The molecule has 126 valence electrons. The van der Waals surface area contributed by atoms with Crippen LogP contribution in [0.4, 0.5) is 5.69 Å². The van der Waals surface area contributed by atoms with Crippen molar-refractivity contribution in [1.82, 2.24) is 20.0 Å². The van der Waals surface area contributed by atoms with Gasteiger partial charge >= 0.3 is 0 Å². The molecule has 8 heteroatoms. The summed E-state index contributed by atoms with van der Waals surface area (Å²) >= 11 is 0. The van der Waals surface area contributed by atoms with Gasteiger partial charge in [0.2, 0.25) is 0 Å². The Hall–Kier alpha value is -2.77. The van der Waals surface area contributed by atoms with Gasteiger partial charge in [-0.05, 0) is 38.7 Å². The van der Waals surface area contributed by atoms with Crippen LogP contribution in [-0.2, 0) is 4.84 Å². The van der Waals surface area contributed by atoms with Crippen LogP contribution in [0.3, 0.4) is 0 Å². The van der Waals surface area contributed by atoms with Gasteiger partial charge in [0.15, 0.2) is 0 Å². The summed E-state index contributed by atoms with van der Waals surface area (Å²) in [6.45, 7) is 1.92. The predicted octanol–water partition coefficient (Wildman–Crippen LogP) is 2.35. The first-order valence-corrected chi connectivity index (χ1v) is 7.90. The van der Waals surface area contributed by atoms with Gasteiger partial charge in [-0.1, -0.05) is 5.16 Å². The minimum atomic E-state index is -0.191. The molecule has 1 amide bonds. The number of rotatable bonds is 4. The number of nitrogens with zero attached hydrogens (tertiary/aromatic N) is 5. The average Bonchev–Trinajstić information content (AvgIpc) is 2.98. The molecule has 0 aromatic carbocycles. The van der Waals surface area contributed by atoms with Gasteiger partial charge < -0.3 is 10.2 Å². The topological polar surface area (TPSA) is 94.3 Å². The van der Waals surface area contributed by atoms with Crippen molar-refractivity contribution in [2.24, 2.45) is 5.16 Å². The van der Waals surface area contributed by atoms with Gasteiger partial charge in [0.1, 0.15) is 7.11 Å². The number of hydrogen-bond donors (Lipinski definition) is 1. The third kappa shape index (κ3) is 3.42. The quantitative estimate of drug-likeness (QED) is 0.869. The van der Waals surface area contributed by atoms with Gasteiger partial charge in [-0.2, -0.15) is 15.3 Å². The van der Waals surface area contributed by atoms with Gasteiger partial charge in [-0.15, -0.1) is 0 Å². The predicted molar refractivity (Wildman–Crippen MR) is 88.9 cm³/mol. The second kappa shape index (κ2) is 7.20. The van der Waals surface area contributed by atoms with E-state index in [2.05, 4.69) is 25.8 Å². The summed E-state index contributed by atoms with van der Waals surface area (Å²) in [5.41, 5.74) is 3.14. The summed E-state index contributed by atoms with van der Waals surface area (Å²) in [6.07, 6.45) is 8.34. The molecule has 8 nitrogen and oxygen atoms in total. The van der Waals surface area contributed by atoms with E-state index in [1.165, 1.54) is 12.4 Å². The Labute approximate surface area is 139 Å². The molecule has 3 rings (SSSR count). The maximum Gasteiger partial charge on any atom is 0.259 e. The molecule has 0 bridgehead atoms. The van der Waals surface area contributed by atoms with Crippen molar-refractivity contribution >= 4 is 17.3 Å². The van der Waals surface area contributed by atoms with Gasteiger partial charge in [0, 0.05) is 5.69 Å². The Morgan fingerprint density at radius 1 is 1.33 bits per heavy atom. The number of aromatic nitrogens is 4. The number of anilines is 1. The second-order valence-corrected chi connectivity index (χ2v) is 5.74. The Morgan fingerprint density at radius 3 is 2.79 bits per heavy atom. The third-order valence-electron chi connectivity index (χ3n) is 4.23. The second-order valence-electron chi connectivity index (χ2n) is 5.74. The maximum atomic E-state index is 12.4. The number of hydrogen-bond acceptors (Lipinski definition) is 6. The van der Waals surface area contributed by atoms with E-state index in [9.17, 15) is 4.79 Å². The van der Waals surface area contributed by atoms with E-state index in [4.69, 9.17) is 4.84 Å². The van der Waals surface area contributed by atoms with Crippen molar-refractivity contribution in [2.45, 2.75) is 38.6 Å². The van der Waals surface area contributed by atoms with E-state index in [0.717, 1.165) is 37.1 Å². The van der Waals surface area contributed by atoms with Gasteiger partial charge in [-0.25, -0.2) is 0 Å². The highest BCUT2D eigenvalue weighted by molar-refractivity contribution is 6.04.